The number of hydrogen-bond donors (Lipinski definition) is 0. The van der Waals surface area contributed by atoms with Gasteiger partial charge in [0.25, 0.3) is 6.43 Å². The minimum Gasteiger partial charge on any atom is -0.372 e. The van der Waals surface area contributed by atoms with Crippen molar-refractivity contribution in [1.29, 1.82) is 0 Å². The summed E-state index contributed by atoms with van der Waals surface area (Å²) in [6.07, 6.45) is 0.166. The molecule has 0 aromatic heterocycles. The van der Waals surface area contributed by atoms with Gasteiger partial charge in [-0.2, -0.15) is 0 Å². The normalized spacial score (nSPS) is 17.0. The molecule has 1 aliphatic rings. The summed E-state index contributed by atoms with van der Waals surface area (Å²) >= 11 is 0. The second kappa shape index (κ2) is 3.65. The minimum absolute atomic E-state index is 0.0334. The molecule has 0 saturated heterocycles. The average molecular weight is 175 g/mol. The first-order chi connectivity index (χ1) is 5.59. The molecule has 0 spiro atoms. The van der Waals surface area contributed by atoms with Gasteiger partial charge in [-0.3, -0.25) is 4.79 Å². The number of carbonyl (C=O) groups excluding carboxylic acids is 1. The maximum absolute atomic E-state index is 11.9. The van der Waals surface area contributed by atoms with E-state index in [-0.39, 0.29) is 12.3 Å². The minimum atomic E-state index is -2.34. The Labute approximate surface area is 69.9 Å². The third kappa shape index (κ3) is 2.29. The Morgan fingerprint density at radius 3 is 2.67 bits per heavy atom. The smallest absolute Gasteiger partial charge is 0.255 e. The van der Waals surface area contributed by atoms with Gasteiger partial charge in [-0.15, -0.1) is 0 Å². The number of ketones is 1. The van der Waals surface area contributed by atoms with Gasteiger partial charge in [0, 0.05) is 25.2 Å². The summed E-state index contributed by atoms with van der Waals surface area (Å²) in [5.74, 6) is 0.0334. The predicted molar refractivity (Wildman–Crippen MR) is 41.0 cm³/mol. The molecule has 0 fully saturated rings. The second-order valence-electron chi connectivity index (χ2n) is 2.87. The van der Waals surface area contributed by atoms with Crippen LogP contribution in [0.5, 0.6) is 0 Å². The van der Waals surface area contributed by atoms with E-state index < -0.39 is 6.43 Å². The van der Waals surface area contributed by atoms with Crippen LogP contribution in [0.3, 0.4) is 0 Å². The summed E-state index contributed by atoms with van der Waals surface area (Å²) in [5, 5.41) is 0. The summed E-state index contributed by atoms with van der Waals surface area (Å²) in [7, 11) is 1.58. The molecule has 12 heavy (non-hydrogen) atoms. The Morgan fingerprint density at radius 1 is 1.58 bits per heavy atom. The molecule has 0 aromatic rings. The number of hydrogen-bond acceptors (Lipinski definition) is 2. The number of alkyl halides is 2. The van der Waals surface area contributed by atoms with E-state index in [1.165, 1.54) is 11.0 Å². The van der Waals surface area contributed by atoms with E-state index in [1.807, 2.05) is 0 Å². The lowest BCUT2D eigenvalue weighted by atomic mass is 10.3. The Hall–Kier alpha value is -0.930. The highest BCUT2D eigenvalue weighted by Crippen LogP contribution is 2.18. The summed E-state index contributed by atoms with van der Waals surface area (Å²) in [6, 6.07) is 0. The van der Waals surface area contributed by atoms with E-state index in [4.69, 9.17) is 0 Å². The van der Waals surface area contributed by atoms with Gasteiger partial charge in [0.1, 0.15) is 0 Å². The molecule has 0 bridgehead atoms. The van der Waals surface area contributed by atoms with Crippen LogP contribution < -0.4 is 0 Å². The van der Waals surface area contributed by atoms with Gasteiger partial charge in [0.15, 0.2) is 5.78 Å². The van der Waals surface area contributed by atoms with E-state index in [2.05, 4.69) is 0 Å². The lowest BCUT2D eigenvalue weighted by Crippen LogP contribution is -2.23. The largest absolute Gasteiger partial charge is 0.372 e. The maximum Gasteiger partial charge on any atom is 0.255 e. The molecule has 0 aromatic carbocycles. The molecule has 0 radical (unpaired) electrons. The number of carbonyl (C=O) groups is 1. The number of halogens is 2. The van der Waals surface area contributed by atoms with Crippen molar-refractivity contribution >= 4 is 5.78 Å². The molecule has 0 N–H and O–H groups in total. The zero-order chi connectivity index (χ0) is 9.14. The standard InChI is InChI=1S/C8H11F2NO/c1-11(5-8(9)10)6-2-3-7(12)4-6/h4,8H,2-3,5H2,1H3. The Balaban J connectivity index is 2.47. The second-order valence-corrected chi connectivity index (χ2v) is 2.87. The molecule has 1 aliphatic carbocycles. The van der Waals surface area contributed by atoms with Crippen molar-refractivity contribution in [2.45, 2.75) is 19.3 Å². The molecule has 0 saturated carbocycles. The lowest BCUT2D eigenvalue weighted by Gasteiger charge is -2.18. The van der Waals surface area contributed by atoms with Crippen LogP contribution in [0.1, 0.15) is 12.8 Å². The molecule has 0 aliphatic heterocycles. The third-order valence-electron chi connectivity index (χ3n) is 1.86. The van der Waals surface area contributed by atoms with Gasteiger partial charge in [0.05, 0.1) is 6.54 Å². The molecule has 4 heteroatoms. The highest BCUT2D eigenvalue weighted by Gasteiger charge is 2.17. The summed E-state index contributed by atoms with van der Waals surface area (Å²) in [4.78, 5) is 12.2. The van der Waals surface area contributed by atoms with Crippen LogP contribution in [0, 0.1) is 0 Å². The van der Waals surface area contributed by atoms with Gasteiger partial charge < -0.3 is 4.90 Å². The van der Waals surface area contributed by atoms with Crippen molar-refractivity contribution in [3.63, 3.8) is 0 Å². The molecule has 0 amide bonds. The van der Waals surface area contributed by atoms with Crippen molar-refractivity contribution in [1.82, 2.24) is 4.90 Å². The van der Waals surface area contributed by atoms with Crippen LogP contribution in [-0.4, -0.2) is 30.7 Å². The van der Waals surface area contributed by atoms with E-state index in [9.17, 15) is 13.6 Å². The highest BCUT2D eigenvalue weighted by molar-refractivity contribution is 5.92. The first-order valence-electron chi connectivity index (χ1n) is 3.82. The fourth-order valence-corrected chi connectivity index (χ4v) is 1.21. The fraction of sp³-hybridized carbons (Fsp3) is 0.625. The van der Waals surface area contributed by atoms with Crippen molar-refractivity contribution in [2.24, 2.45) is 0 Å². The van der Waals surface area contributed by atoms with Crippen LogP contribution >= 0.6 is 0 Å². The monoisotopic (exact) mass is 175 g/mol. The molecule has 0 heterocycles. The Kier molecular flexibility index (Phi) is 2.78. The van der Waals surface area contributed by atoms with Crippen LogP contribution in [-0.2, 0) is 4.79 Å². The van der Waals surface area contributed by atoms with E-state index in [0.29, 0.717) is 12.8 Å². The molecule has 2 nitrogen and oxygen atoms in total. The fourth-order valence-electron chi connectivity index (χ4n) is 1.21. The van der Waals surface area contributed by atoms with E-state index >= 15 is 0 Å². The first-order valence-corrected chi connectivity index (χ1v) is 3.82. The van der Waals surface area contributed by atoms with Crippen molar-refractivity contribution in [3.05, 3.63) is 11.8 Å². The van der Waals surface area contributed by atoms with Crippen LogP contribution in [0.25, 0.3) is 0 Å². The summed E-state index contributed by atoms with van der Waals surface area (Å²) < 4.78 is 23.8. The zero-order valence-electron chi connectivity index (χ0n) is 6.89. The Morgan fingerprint density at radius 2 is 2.25 bits per heavy atom. The maximum atomic E-state index is 11.9. The molecular formula is C8H11F2NO. The summed E-state index contributed by atoms with van der Waals surface area (Å²) in [5.41, 5.74) is 0.723. The van der Waals surface area contributed by atoms with Crippen LogP contribution in [0.15, 0.2) is 11.8 Å². The van der Waals surface area contributed by atoms with Gasteiger partial charge >= 0.3 is 0 Å². The molecule has 68 valence electrons. The SMILES string of the molecule is CN(CC(F)F)C1=CC(=O)CC1. The van der Waals surface area contributed by atoms with Gasteiger partial charge in [0.2, 0.25) is 0 Å². The third-order valence-corrected chi connectivity index (χ3v) is 1.86. The number of rotatable bonds is 3. The van der Waals surface area contributed by atoms with Crippen LogP contribution in [0.2, 0.25) is 0 Å². The topological polar surface area (TPSA) is 20.3 Å². The van der Waals surface area contributed by atoms with Gasteiger partial charge in [-0.1, -0.05) is 0 Å². The van der Waals surface area contributed by atoms with Crippen LogP contribution in [0.4, 0.5) is 8.78 Å². The average Bonchev–Trinajstić information content (AvgIpc) is 2.34. The number of allylic oxidation sites excluding steroid dienone is 2. The predicted octanol–water partition coefficient (Wildman–Crippen LogP) is 1.43. The molecule has 1 rings (SSSR count). The highest BCUT2D eigenvalue weighted by atomic mass is 19.3. The van der Waals surface area contributed by atoms with E-state index in [0.717, 1.165) is 5.70 Å². The van der Waals surface area contributed by atoms with E-state index in [1.54, 1.807) is 7.05 Å². The van der Waals surface area contributed by atoms with Gasteiger partial charge in [-0.25, -0.2) is 8.78 Å². The van der Waals surface area contributed by atoms with Crippen molar-refractivity contribution in [3.8, 4) is 0 Å². The Bertz CT molecular complexity index is 213. The molecule has 0 unspecified atom stereocenters. The molecular weight excluding hydrogens is 164 g/mol. The summed E-state index contributed by atoms with van der Waals surface area (Å²) in [6.45, 7) is -0.293. The van der Waals surface area contributed by atoms with Crippen molar-refractivity contribution in [2.75, 3.05) is 13.6 Å². The van der Waals surface area contributed by atoms with Crippen molar-refractivity contribution < 1.29 is 13.6 Å². The zero-order valence-corrected chi connectivity index (χ0v) is 6.89. The first kappa shape index (κ1) is 9.16. The molecule has 0 atom stereocenters. The lowest BCUT2D eigenvalue weighted by molar-refractivity contribution is -0.114. The quantitative estimate of drug-likeness (QED) is 0.646. The number of nitrogens with zero attached hydrogens (tertiary/aromatic N) is 1. The van der Waals surface area contributed by atoms with Gasteiger partial charge in [-0.05, 0) is 6.42 Å².